The minimum absolute atomic E-state index is 0.0899. The Kier molecular flexibility index (Phi) is 3.02. The number of nitrogens with one attached hydrogen (secondary N) is 1. The molecule has 3 heterocycles. The average molecular weight is 265 g/mol. The van der Waals surface area contributed by atoms with Gasteiger partial charge in [-0.05, 0) is 5.92 Å². The number of guanidine groups is 1. The highest BCUT2D eigenvalue weighted by molar-refractivity contribution is 6.03. The summed E-state index contributed by atoms with van der Waals surface area (Å²) in [6.07, 6.45) is 1.55. The first-order valence-electron chi connectivity index (χ1n) is 6.62. The molecule has 0 aliphatic carbocycles. The Bertz CT molecular complexity index is 439. The lowest BCUT2D eigenvalue weighted by Gasteiger charge is -2.27. The maximum atomic E-state index is 11.7. The van der Waals surface area contributed by atoms with Crippen LogP contribution in [0.15, 0.2) is 9.98 Å². The van der Waals surface area contributed by atoms with Crippen molar-refractivity contribution in [3.8, 4) is 0 Å². The standard InChI is InChI=1S/C12H19N5O2/c1-6-3-17(5-8(6)18)4-7-2-14-10-9(7)15-12(13)16-11(10)19/h2,6-10,18H,3-5H2,1H3,(H3,13,15,16,19). The van der Waals surface area contributed by atoms with Crippen molar-refractivity contribution in [2.75, 3.05) is 19.6 Å². The van der Waals surface area contributed by atoms with E-state index in [2.05, 4.69) is 20.2 Å². The molecule has 3 aliphatic rings. The smallest absolute Gasteiger partial charge is 0.253 e. The Morgan fingerprint density at radius 1 is 1.58 bits per heavy atom. The number of carbonyl (C=O) groups is 1. The van der Waals surface area contributed by atoms with Crippen LogP contribution in [0.3, 0.4) is 0 Å². The van der Waals surface area contributed by atoms with Crippen molar-refractivity contribution in [1.82, 2.24) is 10.2 Å². The van der Waals surface area contributed by atoms with E-state index in [0.717, 1.165) is 13.1 Å². The van der Waals surface area contributed by atoms with Gasteiger partial charge in [-0.15, -0.1) is 0 Å². The number of aliphatic imine (C=N–C) groups is 2. The molecule has 3 rings (SSSR count). The van der Waals surface area contributed by atoms with Gasteiger partial charge < -0.3 is 10.8 Å². The SMILES string of the molecule is CC1CN(CC2C=NC3C(=O)NC(N)=NC23)CC1O. The van der Waals surface area contributed by atoms with E-state index in [0.29, 0.717) is 6.54 Å². The Morgan fingerprint density at radius 2 is 2.37 bits per heavy atom. The van der Waals surface area contributed by atoms with Crippen LogP contribution in [0.4, 0.5) is 0 Å². The highest BCUT2D eigenvalue weighted by Gasteiger charge is 2.42. The van der Waals surface area contributed by atoms with Gasteiger partial charge in [0.1, 0.15) is 0 Å². The summed E-state index contributed by atoms with van der Waals surface area (Å²) in [5.74, 6) is 0.382. The quantitative estimate of drug-likeness (QED) is 0.547. The lowest BCUT2D eigenvalue weighted by molar-refractivity contribution is -0.121. The second-order valence-electron chi connectivity index (χ2n) is 5.66. The Morgan fingerprint density at radius 3 is 3.05 bits per heavy atom. The van der Waals surface area contributed by atoms with Crippen LogP contribution in [0.5, 0.6) is 0 Å². The number of nitrogens with two attached hydrogens (primary N) is 1. The van der Waals surface area contributed by atoms with Gasteiger partial charge in [-0.1, -0.05) is 6.92 Å². The molecular weight excluding hydrogens is 246 g/mol. The predicted octanol–water partition coefficient (Wildman–Crippen LogP) is -1.82. The van der Waals surface area contributed by atoms with Gasteiger partial charge in [0.25, 0.3) is 5.91 Å². The molecule has 5 unspecified atom stereocenters. The molecule has 3 aliphatic heterocycles. The third kappa shape index (κ3) is 2.23. The van der Waals surface area contributed by atoms with Crippen LogP contribution in [0.1, 0.15) is 6.92 Å². The summed E-state index contributed by atoms with van der Waals surface area (Å²) in [5.41, 5.74) is 5.60. The summed E-state index contributed by atoms with van der Waals surface area (Å²) in [7, 11) is 0. The van der Waals surface area contributed by atoms with Gasteiger partial charge in [0.05, 0.1) is 12.1 Å². The number of hydrogen-bond acceptors (Lipinski definition) is 6. The van der Waals surface area contributed by atoms with Crippen molar-refractivity contribution in [2.24, 2.45) is 27.6 Å². The Hall–Kier alpha value is -1.47. The monoisotopic (exact) mass is 265 g/mol. The summed E-state index contributed by atoms with van der Waals surface area (Å²) in [6.45, 7) is 4.35. The van der Waals surface area contributed by atoms with E-state index in [1.165, 1.54) is 0 Å². The molecule has 0 aromatic rings. The number of likely N-dealkylation sites (tertiary alicyclic amines) is 1. The first kappa shape index (κ1) is 12.6. The zero-order valence-electron chi connectivity index (χ0n) is 10.9. The van der Waals surface area contributed by atoms with Crippen LogP contribution in [0, 0.1) is 11.8 Å². The number of rotatable bonds is 2. The van der Waals surface area contributed by atoms with Crippen LogP contribution < -0.4 is 11.1 Å². The third-order valence-electron chi connectivity index (χ3n) is 4.13. The lowest BCUT2D eigenvalue weighted by atomic mass is 9.96. The number of hydrogen-bond donors (Lipinski definition) is 3. The van der Waals surface area contributed by atoms with Crippen molar-refractivity contribution < 1.29 is 9.90 Å². The second-order valence-corrected chi connectivity index (χ2v) is 5.66. The molecular formula is C12H19N5O2. The number of amides is 1. The molecule has 4 N–H and O–H groups in total. The first-order valence-corrected chi connectivity index (χ1v) is 6.62. The average Bonchev–Trinajstić information content (AvgIpc) is 2.85. The molecule has 0 bridgehead atoms. The Balaban J connectivity index is 1.68. The van der Waals surface area contributed by atoms with E-state index in [1.807, 2.05) is 13.1 Å². The van der Waals surface area contributed by atoms with Crippen LogP contribution >= 0.6 is 0 Å². The summed E-state index contributed by atoms with van der Waals surface area (Å²) < 4.78 is 0. The highest BCUT2D eigenvalue weighted by Crippen LogP contribution is 2.25. The van der Waals surface area contributed by atoms with E-state index >= 15 is 0 Å². The fourth-order valence-corrected chi connectivity index (χ4v) is 3.05. The van der Waals surface area contributed by atoms with E-state index < -0.39 is 6.04 Å². The predicted molar refractivity (Wildman–Crippen MR) is 70.9 cm³/mol. The second kappa shape index (κ2) is 4.57. The van der Waals surface area contributed by atoms with Gasteiger partial charge >= 0.3 is 0 Å². The number of aliphatic hydroxyl groups is 1. The number of aliphatic hydroxyl groups excluding tert-OH is 1. The first-order chi connectivity index (χ1) is 9.04. The van der Waals surface area contributed by atoms with E-state index in [4.69, 9.17) is 5.73 Å². The third-order valence-corrected chi connectivity index (χ3v) is 4.13. The van der Waals surface area contributed by atoms with Gasteiger partial charge in [0.15, 0.2) is 12.0 Å². The van der Waals surface area contributed by atoms with Gasteiger partial charge in [-0.3, -0.25) is 20.0 Å². The minimum Gasteiger partial charge on any atom is -0.391 e. The van der Waals surface area contributed by atoms with Crippen molar-refractivity contribution in [3.05, 3.63) is 0 Å². The molecule has 1 fully saturated rings. The molecule has 1 amide bonds. The van der Waals surface area contributed by atoms with Crippen LogP contribution in [-0.4, -0.2) is 65.9 Å². The number of nitrogens with zero attached hydrogens (tertiary/aromatic N) is 3. The summed E-state index contributed by atoms with van der Waals surface area (Å²) in [4.78, 5) is 22.5. The summed E-state index contributed by atoms with van der Waals surface area (Å²) in [6, 6.07) is -0.635. The van der Waals surface area contributed by atoms with Crippen molar-refractivity contribution in [1.29, 1.82) is 0 Å². The lowest BCUT2D eigenvalue weighted by Crippen LogP contribution is -2.52. The maximum absolute atomic E-state index is 11.7. The van der Waals surface area contributed by atoms with Gasteiger partial charge in [-0.2, -0.15) is 0 Å². The van der Waals surface area contributed by atoms with Crippen LogP contribution in [0.25, 0.3) is 0 Å². The fourth-order valence-electron chi connectivity index (χ4n) is 3.05. The van der Waals surface area contributed by atoms with Gasteiger partial charge in [0.2, 0.25) is 0 Å². The van der Waals surface area contributed by atoms with E-state index in [-0.39, 0.29) is 35.8 Å². The fraction of sp³-hybridized carbons (Fsp3) is 0.750. The largest absolute Gasteiger partial charge is 0.391 e. The van der Waals surface area contributed by atoms with Crippen molar-refractivity contribution in [3.63, 3.8) is 0 Å². The number of β-amino-alcohol motifs (C(OH)–C–C–N with tert-alkyl or cyclic N) is 1. The van der Waals surface area contributed by atoms with Gasteiger partial charge in [-0.25, -0.2) is 4.99 Å². The number of carbonyl (C=O) groups excluding carboxylic acids is 1. The zero-order chi connectivity index (χ0) is 13.6. The maximum Gasteiger partial charge on any atom is 0.253 e. The minimum atomic E-state index is -0.442. The molecule has 5 atom stereocenters. The normalized spacial score (nSPS) is 42.1. The van der Waals surface area contributed by atoms with E-state index in [1.54, 1.807) is 0 Å². The molecule has 0 aromatic heterocycles. The van der Waals surface area contributed by atoms with Gasteiger partial charge in [0, 0.05) is 31.8 Å². The Labute approximate surface area is 111 Å². The van der Waals surface area contributed by atoms with Crippen molar-refractivity contribution in [2.45, 2.75) is 25.1 Å². The van der Waals surface area contributed by atoms with Crippen LogP contribution in [-0.2, 0) is 4.79 Å². The van der Waals surface area contributed by atoms with Crippen molar-refractivity contribution >= 4 is 18.1 Å². The molecule has 0 radical (unpaired) electrons. The van der Waals surface area contributed by atoms with Crippen LogP contribution in [0.2, 0.25) is 0 Å². The zero-order valence-corrected chi connectivity index (χ0v) is 10.9. The van der Waals surface area contributed by atoms with E-state index in [9.17, 15) is 9.90 Å². The number of fused-ring (bicyclic) bond motifs is 1. The summed E-state index contributed by atoms with van der Waals surface area (Å²) in [5, 5.41) is 12.3. The molecule has 7 nitrogen and oxygen atoms in total. The molecule has 104 valence electrons. The summed E-state index contributed by atoms with van der Waals surface area (Å²) >= 11 is 0. The highest BCUT2D eigenvalue weighted by atomic mass is 16.3. The molecule has 0 saturated carbocycles. The molecule has 1 saturated heterocycles. The molecule has 0 spiro atoms. The topological polar surface area (TPSA) is 103 Å². The molecule has 7 heteroatoms. The molecule has 19 heavy (non-hydrogen) atoms. The molecule has 0 aromatic carbocycles.